The normalized spacial score (nSPS) is 17.0. The van der Waals surface area contributed by atoms with Gasteiger partial charge >= 0.3 is 0 Å². The van der Waals surface area contributed by atoms with Gasteiger partial charge in [0.2, 0.25) is 0 Å². The molecule has 1 saturated heterocycles. The maximum atomic E-state index is 12.7. The molecule has 3 rings (SSSR count). The first kappa shape index (κ1) is 19.9. The number of para-hydroxylation sites is 2. The molecule has 6 heteroatoms. The van der Waals surface area contributed by atoms with E-state index in [0.29, 0.717) is 30.0 Å². The highest BCUT2D eigenvalue weighted by molar-refractivity contribution is 6.04. The predicted octanol–water partition coefficient (Wildman–Crippen LogP) is 3.39. The molecule has 28 heavy (non-hydrogen) atoms. The molecule has 2 N–H and O–H groups in total. The molecular weight excluding hydrogens is 356 g/mol. The second-order valence-electron chi connectivity index (χ2n) is 6.71. The number of anilines is 1. The topological polar surface area (TPSA) is 76.7 Å². The van der Waals surface area contributed by atoms with Crippen LogP contribution in [0.3, 0.4) is 0 Å². The number of hydrogen-bond donors (Lipinski definition) is 2. The summed E-state index contributed by atoms with van der Waals surface area (Å²) in [5.41, 5.74) is 0.885. The Balaban J connectivity index is 1.64. The van der Waals surface area contributed by atoms with Gasteiger partial charge in [-0.3, -0.25) is 9.59 Å². The molecule has 0 unspecified atom stereocenters. The van der Waals surface area contributed by atoms with Gasteiger partial charge in [-0.25, -0.2) is 0 Å². The van der Waals surface area contributed by atoms with E-state index in [-0.39, 0.29) is 17.9 Å². The van der Waals surface area contributed by atoms with Gasteiger partial charge in [0.1, 0.15) is 5.75 Å². The van der Waals surface area contributed by atoms with E-state index in [4.69, 9.17) is 9.47 Å². The van der Waals surface area contributed by atoms with Gasteiger partial charge in [-0.05, 0) is 43.5 Å². The summed E-state index contributed by atoms with van der Waals surface area (Å²) in [7, 11) is 0. The Hall–Kier alpha value is -2.86. The highest BCUT2D eigenvalue weighted by Gasteiger charge is 2.22. The monoisotopic (exact) mass is 382 g/mol. The van der Waals surface area contributed by atoms with E-state index in [1.807, 2.05) is 37.3 Å². The zero-order valence-electron chi connectivity index (χ0n) is 16.0. The third kappa shape index (κ3) is 5.33. The largest absolute Gasteiger partial charge is 0.481 e. The summed E-state index contributed by atoms with van der Waals surface area (Å²) in [5.74, 6) is 0.112. The lowest BCUT2D eigenvalue weighted by atomic mass is 10.1. The molecule has 0 aliphatic carbocycles. The smallest absolute Gasteiger partial charge is 0.265 e. The van der Waals surface area contributed by atoms with Gasteiger partial charge in [0, 0.05) is 13.2 Å². The lowest BCUT2D eigenvalue weighted by Crippen LogP contribution is -2.35. The number of carbonyl (C=O) groups excluding carboxylic acids is 2. The molecule has 2 aromatic carbocycles. The molecule has 2 amide bonds. The fraction of sp³-hybridized carbons (Fsp3) is 0.364. The van der Waals surface area contributed by atoms with Crippen LogP contribution in [-0.4, -0.2) is 37.2 Å². The summed E-state index contributed by atoms with van der Waals surface area (Å²) in [6.07, 6.45) is 1.90. The van der Waals surface area contributed by atoms with Crippen LogP contribution in [0.5, 0.6) is 5.75 Å². The standard InChI is InChI=1S/C22H26N2O4/c1-2-20(28-16-9-4-3-5-10-16)22(26)24-19-13-7-6-12-18(19)21(25)23-15-17-11-8-14-27-17/h3-7,9-10,12-13,17,20H,2,8,11,14-15H2,1H3,(H,23,25)(H,24,26)/t17-,20+/m0/s1. The predicted molar refractivity (Wildman–Crippen MR) is 108 cm³/mol. The lowest BCUT2D eigenvalue weighted by Gasteiger charge is -2.18. The van der Waals surface area contributed by atoms with Gasteiger partial charge in [-0.15, -0.1) is 0 Å². The zero-order valence-corrected chi connectivity index (χ0v) is 16.0. The molecule has 0 spiro atoms. The maximum Gasteiger partial charge on any atom is 0.265 e. The van der Waals surface area contributed by atoms with Crippen LogP contribution < -0.4 is 15.4 Å². The van der Waals surface area contributed by atoms with Gasteiger partial charge in [-0.1, -0.05) is 37.3 Å². The van der Waals surface area contributed by atoms with Crippen molar-refractivity contribution in [3.8, 4) is 5.75 Å². The highest BCUT2D eigenvalue weighted by atomic mass is 16.5. The minimum Gasteiger partial charge on any atom is -0.481 e. The zero-order chi connectivity index (χ0) is 19.8. The number of amides is 2. The van der Waals surface area contributed by atoms with Crippen molar-refractivity contribution in [2.75, 3.05) is 18.5 Å². The van der Waals surface area contributed by atoms with Crippen LogP contribution in [0.4, 0.5) is 5.69 Å². The molecule has 2 atom stereocenters. The first-order chi connectivity index (χ1) is 13.7. The lowest BCUT2D eigenvalue weighted by molar-refractivity contribution is -0.122. The van der Waals surface area contributed by atoms with Gasteiger partial charge in [0.15, 0.2) is 6.10 Å². The fourth-order valence-corrected chi connectivity index (χ4v) is 3.10. The first-order valence-corrected chi connectivity index (χ1v) is 9.68. The summed E-state index contributed by atoms with van der Waals surface area (Å²) in [4.78, 5) is 25.3. The van der Waals surface area contributed by atoms with Crippen LogP contribution in [0.15, 0.2) is 54.6 Å². The molecule has 1 aliphatic heterocycles. The van der Waals surface area contributed by atoms with Crippen LogP contribution in [0, 0.1) is 0 Å². The molecular formula is C22H26N2O4. The molecule has 1 aliphatic rings. The minimum atomic E-state index is -0.648. The molecule has 0 radical (unpaired) electrons. The van der Waals surface area contributed by atoms with Crippen molar-refractivity contribution in [2.24, 2.45) is 0 Å². The summed E-state index contributed by atoms with van der Waals surface area (Å²) in [6, 6.07) is 16.2. The Labute approximate surface area is 165 Å². The Bertz CT molecular complexity index is 788. The van der Waals surface area contributed by atoms with Crippen molar-refractivity contribution in [1.29, 1.82) is 0 Å². The quantitative estimate of drug-likeness (QED) is 0.734. The molecule has 6 nitrogen and oxygen atoms in total. The SMILES string of the molecule is CC[C@@H](Oc1ccccc1)C(=O)Nc1ccccc1C(=O)NC[C@@H]1CCCO1. The van der Waals surface area contributed by atoms with E-state index in [0.717, 1.165) is 19.4 Å². The molecule has 1 heterocycles. The number of nitrogens with one attached hydrogen (secondary N) is 2. The van der Waals surface area contributed by atoms with Crippen molar-refractivity contribution >= 4 is 17.5 Å². The number of benzene rings is 2. The van der Waals surface area contributed by atoms with Crippen LogP contribution in [0.25, 0.3) is 0 Å². The second kappa shape index (κ2) is 9.90. The van der Waals surface area contributed by atoms with E-state index in [1.165, 1.54) is 0 Å². The molecule has 0 bridgehead atoms. The van der Waals surface area contributed by atoms with Crippen molar-refractivity contribution in [1.82, 2.24) is 5.32 Å². The number of carbonyl (C=O) groups is 2. The maximum absolute atomic E-state index is 12.7. The fourth-order valence-electron chi connectivity index (χ4n) is 3.10. The Morgan fingerprint density at radius 2 is 1.89 bits per heavy atom. The third-order valence-electron chi connectivity index (χ3n) is 4.63. The highest BCUT2D eigenvalue weighted by Crippen LogP contribution is 2.18. The van der Waals surface area contributed by atoms with Crippen LogP contribution in [0.1, 0.15) is 36.5 Å². The second-order valence-corrected chi connectivity index (χ2v) is 6.71. The Kier molecular flexibility index (Phi) is 7.03. The molecule has 0 aromatic heterocycles. The molecule has 0 saturated carbocycles. The van der Waals surface area contributed by atoms with Gasteiger partial charge in [-0.2, -0.15) is 0 Å². The van der Waals surface area contributed by atoms with Crippen molar-refractivity contribution < 1.29 is 19.1 Å². The summed E-state index contributed by atoms with van der Waals surface area (Å²) in [6.45, 7) is 3.09. The molecule has 2 aromatic rings. The Morgan fingerprint density at radius 1 is 1.14 bits per heavy atom. The first-order valence-electron chi connectivity index (χ1n) is 9.68. The van der Waals surface area contributed by atoms with E-state index >= 15 is 0 Å². The average molecular weight is 382 g/mol. The van der Waals surface area contributed by atoms with Crippen molar-refractivity contribution in [3.05, 3.63) is 60.2 Å². The van der Waals surface area contributed by atoms with E-state index in [9.17, 15) is 9.59 Å². The van der Waals surface area contributed by atoms with E-state index < -0.39 is 6.10 Å². The van der Waals surface area contributed by atoms with Crippen molar-refractivity contribution in [2.45, 2.75) is 38.4 Å². The number of rotatable bonds is 8. The molecule has 1 fully saturated rings. The summed E-state index contributed by atoms with van der Waals surface area (Å²) in [5, 5.41) is 5.73. The van der Waals surface area contributed by atoms with Crippen LogP contribution in [0.2, 0.25) is 0 Å². The van der Waals surface area contributed by atoms with Crippen LogP contribution >= 0.6 is 0 Å². The van der Waals surface area contributed by atoms with Gasteiger partial charge in [0.25, 0.3) is 11.8 Å². The van der Waals surface area contributed by atoms with Crippen LogP contribution in [-0.2, 0) is 9.53 Å². The van der Waals surface area contributed by atoms with Gasteiger partial charge in [0.05, 0.1) is 17.4 Å². The van der Waals surface area contributed by atoms with Gasteiger partial charge < -0.3 is 20.1 Å². The number of ether oxygens (including phenoxy) is 2. The summed E-state index contributed by atoms with van der Waals surface area (Å²) >= 11 is 0. The van der Waals surface area contributed by atoms with E-state index in [2.05, 4.69) is 10.6 Å². The van der Waals surface area contributed by atoms with Crippen molar-refractivity contribution in [3.63, 3.8) is 0 Å². The third-order valence-corrected chi connectivity index (χ3v) is 4.63. The number of hydrogen-bond acceptors (Lipinski definition) is 4. The minimum absolute atomic E-state index is 0.0643. The summed E-state index contributed by atoms with van der Waals surface area (Å²) < 4.78 is 11.3. The average Bonchev–Trinajstić information content (AvgIpc) is 3.25. The Morgan fingerprint density at radius 3 is 2.61 bits per heavy atom. The van der Waals surface area contributed by atoms with E-state index in [1.54, 1.807) is 24.3 Å². The molecule has 148 valence electrons.